The molecule has 1 unspecified atom stereocenters. The van der Waals surface area contributed by atoms with Crippen LogP contribution in [0.4, 0.5) is 4.39 Å². The Labute approximate surface area is 89.7 Å². The molecular weight excluding hydrogens is 195 g/mol. The third kappa shape index (κ3) is 3.78. The quantitative estimate of drug-likeness (QED) is 0.809. The molecule has 3 heteroatoms. The minimum Gasteiger partial charge on any atom is -0.508 e. The lowest BCUT2D eigenvalue weighted by Crippen LogP contribution is -2.12. The second-order valence-corrected chi connectivity index (χ2v) is 3.69. The highest BCUT2D eigenvalue weighted by Gasteiger charge is 2.08. The Bertz CT molecular complexity index is 312. The molecule has 0 amide bonds. The van der Waals surface area contributed by atoms with Gasteiger partial charge in [0, 0.05) is 6.07 Å². The van der Waals surface area contributed by atoms with Gasteiger partial charge >= 0.3 is 0 Å². The van der Waals surface area contributed by atoms with Crippen LogP contribution in [0.1, 0.15) is 33.1 Å². The molecule has 0 saturated heterocycles. The van der Waals surface area contributed by atoms with Crippen molar-refractivity contribution < 1.29 is 14.2 Å². The number of halogens is 1. The van der Waals surface area contributed by atoms with Crippen molar-refractivity contribution in [2.75, 3.05) is 0 Å². The first-order chi connectivity index (χ1) is 7.13. The van der Waals surface area contributed by atoms with Gasteiger partial charge in [0.25, 0.3) is 0 Å². The fraction of sp³-hybridized carbons (Fsp3) is 0.500. The molecule has 0 spiro atoms. The SMILES string of the molecule is CCCCC(C)Oc1ccc(O)cc1F. The number of ether oxygens (including phenoxy) is 1. The van der Waals surface area contributed by atoms with Gasteiger partial charge in [-0.05, 0) is 25.5 Å². The summed E-state index contributed by atoms with van der Waals surface area (Å²) in [7, 11) is 0. The second kappa shape index (κ2) is 5.59. The molecule has 0 heterocycles. The molecule has 0 radical (unpaired) electrons. The fourth-order valence-electron chi connectivity index (χ4n) is 1.35. The van der Waals surface area contributed by atoms with Crippen molar-refractivity contribution in [1.82, 2.24) is 0 Å². The lowest BCUT2D eigenvalue weighted by molar-refractivity contribution is 0.198. The van der Waals surface area contributed by atoms with Gasteiger partial charge in [-0.1, -0.05) is 19.8 Å². The summed E-state index contributed by atoms with van der Waals surface area (Å²) in [6, 6.07) is 3.93. The average molecular weight is 212 g/mol. The van der Waals surface area contributed by atoms with Crippen molar-refractivity contribution in [1.29, 1.82) is 0 Å². The molecule has 15 heavy (non-hydrogen) atoms. The number of rotatable bonds is 5. The van der Waals surface area contributed by atoms with Crippen LogP contribution in [0.2, 0.25) is 0 Å². The average Bonchev–Trinajstić information content (AvgIpc) is 2.19. The number of unbranched alkanes of at least 4 members (excludes halogenated alkanes) is 1. The molecule has 1 rings (SSSR count). The maximum atomic E-state index is 13.2. The van der Waals surface area contributed by atoms with Crippen LogP contribution in [-0.2, 0) is 0 Å². The third-order valence-corrected chi connectivity index (χ3v) is 2.21. The number of aromatic hydroxyl groups is 1. The van der Waals surface area contributed by atoms with Gasteiger partial charge in [-0.15, -0.1) is 0 Å². The molecule has 0 saturated carbocycles. The van der Waals surface area contributed by atoms with Gasteiger partial charge in [-0.3, -0.25) is 0 Å². The number of phenols is 1. The van der Waals surface area contributed by atoms with Crippen LogP contribution in [0.3, 0.4) is 0 Å². The molecule has 2 nitrogen and oxygen atoms in total. The summed E-state index contributed by atoms with van der Waals surface area (Å²) in [4.78, 5) is 0. The maximum absolute atomic E-state index is 13.2. The maximum Gasteiger partial charge on any atom is 0.168 e. The van der Waals surface area contributed by atoms with Crippen LogP contribution < -0.4 is 4.74 Å². The zero-order chi connectivity index (χ0) is 11.3. The van der Waals surface area contributed by atoms with Crippen molar-refractivity contribution in [3.8, 4) is 11.5 Å². The Hall–Kier alpha value is -1.25. The molecule has 0 aliphatic heterocycles. The van der Waals surface area contributed by atoms with Crippen LogP contribution in [0, 0.1) is 5.82 Å². The smallest absolute Gasteiger partial charge is 0.168 e. The van der Waals surface area contributed by atoms with E-state index in [0.29, 0.717) is 0 Å². The van der Waals surface area contributed by atoms with E-state index in [-0.39, 0.29) is 17.6 Å². The Morgan fingerprint density at radius 3 is 2.80 bits per heavy atom. The van der Waals surface area contributed by atoms with Gasteiger partial charge in [-0.25, -0.2) is 4.39 Å². The van der Waals surface area contributed by atoms with Crippen molar-refractivity contribution >= 4 is 0 Å². The van der Waals surface area contributed by atoms with Gasteiger partial charge in [-0.2, -0.15) is 0 Å². The van der Waals surface area contributed by atoms with Crippen LogP contribution in [0.25, 0.3) is 0 Å². The van der Waals surface area contributed by atoms with E-state index in [0.717, 1.165) is 25.3 Å². The van der Waals surface area contributed by atoms with Crippen LogP contribution in [0.15, 0.2) is 18.2 Å². The lowest BCUT2D eigenvalue weighted by atomic mass is 10.2. The molecule has 1 atom stereocenters. The molecule has 0 aromatic heterocycles. The van der Waals surface area contributed by atoms with Crippen molar-refractivity contribution in [3.05, 3.63) is 24.0 Å². The first-order valence-corrected chi connectivity index (χ1v) is 5.28. The fourth-order valence-corrected chi connectivity index (χ4v) is 1.35. The van der Waals surface area contributed by atoms with Crippen LogP contribution in [-0.4, -0.2) is 11.2 Å². The predicted octanol–water partition coefficient (Wildman–Crippen LogP) is 3.49. The number of hydrogen-bond donors (Lipinski definition) is 1. The van der Waals surface area contributed by atoms with Gasteiger partial charge in [0.2, 0.25) is 0 Å². The van der Waals surface area contributed by atoms with Crippen molar-refractivity contribution in [2.24, 2.45) is 0 Å². The molecule has 0 aliphatic rings. The Morgan fingerprint density at radius 2 is 2.20 bits per heavy atom. The summed E-state index contributed by atoms with van der Waals surface area (Å²) in [5.41, 5.74) is 0. The highest BCUT2D eigenvalue weighted by molar-refractivity contribution is 5.32. The second-order valence-electron chi connectivity index (χ2n) is 3.69. The zero-order valence-corrected chi connectivity index (χ0v) is 9.16. The molecule has 1 aromatic rings. The predicted molar refractivity (Wildman–Crippen MR) is 57.7 cm³/mol. The Kier molecular flexibility index (Phi) is 4.40. The lowest BCUT2D eigenvalue weighted by Gasteiger charge is -2.14. The minimum atomic E-state index is -0.515. The summed E-state index contributed by atoms with van der Waals surface area (Å²) in [6.45, 7) is 4.02. The number of hydrogen-bond acceptors (Lipinski definition) is 2. The Morgan fingerprint density at radius 1 is 1.47 bits per heavy atom. The van der Waals surface area contributed by atoms with Crippen LogP contribution >= 0.6 is 0 Å². The van der Waals surface area contributed by atoms with Crippen LogP contribution in [0.5, 0.6) is 11.5 Å². The highest BCUT2D eigenvalue weighted by atomic mass is 19.1. The van der Waals surface area contributed by atoms with E-state index in [9.17, 15) is 4.39 Å². The van der Waals surface area contributed by atoms with E-state index in [1.165, 1.54) is 12.1 Å². The van der Waals surface area contributed by atoms with E-state index >= 15 is 0 Å². The highest BCUT2D eigenvalue weighted by Crippen LogP contribution is 2.23. The summed E-state index contributed by atoms with van der Waals surface area (Å²) >= 11 is 0. The molecule has 0 bridgehead atoms. The summed E-state index contributed by atoms with van der Waals surface area (Å²) in [5, 5.41) is 9.02. The summed E-state index contributed by atoms with van der Waals surface area (Å²) in [6.07, 6.45) is 3.09. The molecule has 1 aromatic carbocycles. The summed E-state index contributed by atoms with van der Waals surface area (Å²) < 4.78 is 18.7. The first-order valence-electron chi connectivity index (χ1n) is 5.28. The standard InChI is InChI=1S/C12H17FO2/c1-3-4-5-9(2)15-12-7-6-10(14)8-11(12)13/h6-9,14H,3-5H2,1-2H3. The largest absolute Gasteiger partial charge is 0.508 e. The van der Waals surface area contributed by atoms with Gasteiger partial charge in [0.15, 0.2) is 11.6 Å². The van der Waals surface area contributed by atoms with Gasteiger partial charge < -0.3 is 9.84 Å². The van der Waals surface area contributed by atoms with E-state index in [1.54, 1.807) is 0 Å². The van der Waals surface area contributed by atoms with Crippen molar-refractivity contribution in [2.45, 2.75) is 39.2 Å². The first kappa shape index (κ1) is 11.8. The topological polar surface area (TPSA) is 29.5 Å². The number of phenolic OH excluding ortho intramolecular Hbond substituents is 1. The van der Waals surface area contributed by atoms with E-state index < -0.39 is 5.82 Å². The van der Waals surface area contributed by atoms with E-state index in [4.69, 9.17) is 9.84 Å². The van der Waals surface area contributed by atoms with Gasteiger partial charge in [0.05, 0.1) is 6.10 Å². The normalized spacial score (nSPS) is 12.5. The molecule has 0 aliphatic carbocycles. The van der Waals surface area contributed by atoms with Crippen molar-refractivity contribution in [3.63, 3.8) is 0 Å². The van der Waals surface area contributed by atoms with Gasteiger partial charge in [0.1, 0.15) is 5.75 Å². The minimum absolute atomic E-state index is 0.00370. The number of benzene rings is 1. The monoisotopic (exact) mass is 212 g/mol. The summed E-state index contributed by atoms with van der Waals surface area (Å²) in [5.74, 6) is -0.393. The molecular formula is C12H17FO2. The zero-order valence-electron chi connectivity index (χ0n) is 9.16. The van der Waals surface area contributed by atoms with E-state index in [2.05, 4.69) is 6.92 Å². The molecule has 0 fully saturated rings. The molecule has 1 N–H and O–H groups in total. The van der Waals surface area contributed by atoms with E-state index in [1.807, 2.05) is 6.92 Å². The molecule has 84 valence electrons. The third-order valence-electron chi connectivity index (χ3n) is 2.21. The Balaban J connectivity index is 2.56.